The van der Waals surface area contributed by atoms with Crippen molar-refractivity contribution in [1.82, 2.24) is 0 Å². The molecule has 98 valence electrons. The highest BCUT2D eigenvalue weighted by Crippen LogP contribution is 2.29. The summed E-state index contributed by atoms with van der Waals surface area (Å²) in [7, 11) is 0. The van der Waals surface area contributed by atoms with Gasteiger partial charge in [0.15, 0.2) is 0 Å². The average molecular weight is 250 g/mol. The van der Waals surface area contributed by atoms with Gasteiger partial charge in [0.2, 0.25) is 5.91 Å². The molecule has 0 spiro atoms. The molecule has 0 aliphatic heterocycles. The van der Waals surface area contributed by atoms with Crippen LogP contribution in [0.2, 0.25) is 0 Å². The summed E-state index contributed by atoms with van der Waals surface area (Å²) < 4.78 is 12.9. The van der Waals surface area contributed by atoms with E-state index in [-0.39, 0.29) is 17.5 Å². The zero-order chi connectivity index (χ0) is 13.1. The molecule has 0 radical (unpaired) electrons. The minimum absolute atomic E-state index is 0.000193. The Hall–Kier alpha value is -1.58. The van der Waals surface area contributed by atoms with Crippen LogP contribution in [-0.2, 0) is 4.79 Å². The summed E-state index contributed by atoms with van der Waals surface area (Å²) in [5.41, 5.74) is 6.44. The summed E-state index contributed by atoms with van der Waals surface area (Å²) in [6.07, 6.45) is 4.04. The van der Waals surface area contributed by atoms with Gasteiger partial charge in [0, 0.05) is 5.92 Å². The van der Waals surface area contributed by atoms with Crippen LogP contribution < -0.4 is 11.1 Å². The Morgan fingerprint density at radius 2 is 2.00 bits per heavy atom. The van der Waals surface area contributed by atoms with Crippen molar-refractivity contribution in [2.24, 2.45) is 11.8 Å². The van der Waals surface area contributed by atoms with E-state index in [4.69, 9.17) is 5.73 Å². The fourth-order valence-corrected chi connectivity index (χ4v) is 2.40. The van der Waals surface area contributed by atoms with E-state index in [2.05, 4.69) is 12.2 Å². The van der Waals surface area contributed by atoms with E-state index in [1.165, 1.54) is 18.2 Å². The first-order valence-corrected chi connectivity index (χ1v) is 6.42. The molecule has 0 atom stereocenters. The number of hydrogen-bond donors (Lipinski definition) is 2. The second kappa shape index (κ2) is 5.38. The highest BCUT2D eigenvalue weighted by atomic mass is 19.1. The molecule has 0 heterocycles. The van der Waals surface area contributed by atoms with Gasteiger partial charge in [-0.3, -0.25) is 4.79 Å². The van der Waals surface area contributed by atoms with Crippen LogP contribution in [0.4, 0.5) is 15.8 Å². The fourth-order valence-electron chi connectivity index (χ4n) is 2.40. The van der Waals surface area contributed by atoms with Crippen LogP contribution in [0.15, 0.2) is 18.2 Å². The van der Waals surface area contributed by atoms with Crippen LogP contribution in [-0.4, -0.2) is 5.91 Å². The monoisotopic (exact) mass is 250 g/mol. The second-order valence-electron chi connectivity index (χ2n) is 5.18. The van der Waals surface area contributed by atoms with Gasteiger partial charge in [-0.05, 0) is 49.8 Å². The van der Waals surface area contributed by atoms with E-state index in [0.29, 0.717) is 11.6 Å². The molecule has 1 aromatic rings. The Bertz CT molecular complexity index is 439. The molecule has 1 aliphatic carbocycles. The van der Waals surface area contributed by atoms with Gasteiger partial charge < -0.3 is 11.1 Å². The maximum Gasteiger partial charge on any atom is 0.227 e. The molecule has 4 heteroatoms. The Kier molecular flexibility index (Phi) is 3.84. The predicted molar refractivity (Wildman–Crippen MR) is 70.6 cm³/mol. The molecule has 18 heavy (non-hydrogen) atoms. The van der Waals surface area contributed by atoms with Gasteiger partial charge >= 0.3 is 0 Å². The van der Waals surface area contributed by atoms with Gasteiger partial charge in [-0.15, -0.1) is 0 Å². The van der Waals surface area contributed by atoms with E-state index in [9.17, 15) is 9.18 Å². The van der Waals surface area contributed by atoms with Gasteiger partial charge in [0.1, 0.15) is 5.82 Å². The number of nitrogens with one attached hydrogen (secondary N) is 1. The van der Waals surface area contributed by atoms with Crippen LogP contribution in [0, 0.1) is 17.7 Å². The SMILES string of the molecule is CC1CCC(C(=O)Nc2ccc(F)cc2N)CC1. The lowest BCUT2D eigenvalue weighted by atomic mass is 9.82. The summed E-state index contributed by atoms with van der Waals surface area (Å²) >= 11 is 0. The summed E-state index contributed by atoms with van der Waals surface area (Å²) in [4.78, 5) is 12.1. The number of anilines is 2. The summed E-state index contributed by atoms with van der Waals surface area (Å²) in [6, 6.07) is 4.03. The van der Waals surface area contributed by atoms with Crippen LogP contribution in [0.3, 0.4) is 0 Å². The number of hydrogen-bond acceptors (Lipinski definition) is 2. The summed E-state index contributed by atoms with van der Waals surface area (Å²) in [5.74, 6) is 0.382. The third-order valence-corrected chi connectivity index (χ3v) is 3.66. The summed E-state index contributed by atoms with van der Waals surface area (Å²) in [6.45, 7) is 2.21. The molecule has 0 aromatic heterocycles. The van der Waals surface area contributed by atoms with E-state index >= 15 is 0 Å². The van der Waals surface area contributed by atoms with Crippen molar-refractivity contribution >= 4 is 17.3 Å². The molecule has 0 unspecified atom stereocenters. The highest BCUT2D eigenvalue weighted by molar-refractivity contribution is 5.95. The third kappa shape index (κ3) is 3.00. The lowest BCUT2D eigenvalue weighted by molar-refractivity contribution is -0.121. The zero-order valence-corrected chi connectivity index (χ0v) is 10.6. The van der Waals surface area contributed by atoms with E-state index in [1.807, 2.05) is 0 Å². The van der Waals surface area contributed by atoms with E-state index in [1.54, 1.807) is 0 Å². The molecule has 1 amide bonds. The normalized spacial score (nSPS) is 23.7. The zero-order valence-electron chi connectivity index (χ0n) is 10.6. The van der Waals surface area contributed by atoms with Crippen molar-refractivity contribution in [3.63, 3.8) is 0 Å². The Morgan fingerprint density at radius 3 is 2.61 bits per heavy atom. The van der Waals surface area contributed by atoms with E-state index < -0.39 is 5.82 Å². The average Bonchev–Trinajstić information content (AvgIpc) is 2.33. The number of nitrogens with two attached hydrogens (primary N) is 1. The van der Waals surface area contributed by atoms with Crippen molar-refractivity contribution in [1.29, 1.82) is 0 Å². The molecule has 1 aliphatic rings. The van der Waals surface area contributed by atoms with Gasteiger partial charge in [0.25, 0.3) is 0 Å². The number of carbonyl (C=O) groups is 1. The minimum Gasteiger partial charge on any atom is -0.397 e. The van der Waals surface area contributed by atoms with Crippen molar-refractivity contribution in [2.75, 3.05) is 11.1 Å². The Morgan fingerprint density at radius 1 is 1.33 bits per heavy atom. The molecular formula is C14H19FN2O. The van der Waals surface area contributed by atoms with Gasteiger partial charge in [-0.1, -0.05) is 6.92 Å². The fraction of sp³-hybridized carbons (Fsp3) is 0.500. The van der Waals surface area contributed by atoms with Crippen molar-refractivity contribution in [2.45, 2.75) is 32.6 Å². The number of benzene rings is 1. The van der Waals surface area contributed by atoms with Crippen molar-refractivity contribution < 1.29 is 9.18 Å². The standard InChI is InChI=1S/C14H19FN2O/c1-9-2-4-10(5-3-9)14(18)17-13-7-6-11(15)8-12(13)16/h6-10H,2-5,16H2,1H3,(H,17,18). The first kappa shape index (κ1) is 12.9. The van der Waals surface area contributed by atoms with Crippen LogP contribution in [0.1, 0.15) is 32.6 Å². The van der Waals surface area contributed by atoms with Crippen LogP contribution in [0.25, 0.3) is 0 Å². The molecule has 1 aromatic carbocycles. The molecule has 1 saturated carbocycles. The molecule has 2 rings (SSSR count). The number of carbonyl (C=O) groups excluding carboxylic acids is 1. The van der Waals surface area contributed by atoms with Crippen LogP contribution >= 0.6 is 0 Å². The predicted octanol–water partition coefficient (Wildman–Crippen LogP) is 3.17. The van der Waals surface area contributed by atoms with Crippen molar-refractivity contribution in [3.05, 3.63) is 24.0 Å². The first-order valence-electron chi connectivity index (χ1n) is 6.42. The second-order valence-corrected chi connectivity index (χ2v) is 5.18. The quantitative estimate of drug-likeness (QED) is 0.792. The molecule has 3 nitrogen and oxygen atoms in total. The summed E-state index contributed by atoms with van der Waals surface area (Å²) in [5, 5.41) is 2.79. The molecule has 3 N–H and O–H groups in total. The van der Waals surface area contributed by atoms with Gasteiger partial charge in [0.05, 0.1) is 11.4 Å². The van der Waals surface area contributed by atoms with Crippen molar-refractivity contribution in [3.8, 4) is 0 Å². The topological polar surface area (TPSA) is 55.1 Å². The molecule has 0 saturated heterocycles. The highest BCUT2D eigenvalue weighted by Gasteiger charge is 2.24. The smallest absolute Gasteiger partial charge is 0.227 e. The Labute approximate surface area is 107 Å². The number of nitrogen functional groups attached to an aromatic ring is 1. The molecule has 0 bridgehead atoms. The first-order chi connectivity index (χ1) is 8.56. The minimum atomic E-state index is -0.392. The number of halogens is 1. The lowest BCUT2D eigenvalue weighted by Crippen LogP contribution is -2.26. The van der Waals surface area contributed by atoms with E-state index in [0.717, 1.165) is 25.7 Å². The third-order valence-electron chi connectivity index (χ3n) is 3.66. The molecule has 1 fully saturated rings. The maximum absolute atomic E-state index is 12.9. The lowest BCUT2D eigenvalue weighted by Gasteiger charge is -2.25. The Balaban J connectivity index is 1.98. The van der Waals surface area contributed by atoms with Gasteiger partial charge in [-0.2, -0.15) is 0 Å². The van der Waals surface area contributed by atoms with Crippen LogP contribution in [0.5, 0.6) is 0 Å². The number of rotatable bonds is 2. The largest absolute Gasteiger partial charge is 0.397 e. The number of amides is 1. The van der Waals surface area contributed by atoms with Gasteiger partial charge in [-0.25, -0.2) is 4.39 Å². The molecular weight excluding hydrogens is 231 g/mol. The maximum atomic E-state index is 12.9.